The molecule has 2 aliphatic heterocycles. The first-order valence-electron chi connectivity index (χ1n) is 10.3. The molecular formula is C22H17F3N4O5. The number of pyridine rings is 1. The van der Waals surface area contributed by atoms with E-state index in [1.807, 2.05) is 0 Å². The lowest BCUT2D eigenvalue weighted by atomic mass is 10.1. The molecule has 5 rings (SSSR count). The molecule has 34 heavy (non-hydrogen) atoms. The molecule has 2 amide bonds. The Kier molecular flexibility index (Phi) is 4.95. The zero-order valence-corrected chi connectivity index (χ0v) is 17.7. The summed E-state index contributed by atoms with van der Waals surface area (Å²) in [5.41, 5.74) is -1.12. The highest BCUT2D eigenvalue weighted by Gasteiger charge is 2.39. The van der Waals surface area contributed by atoms with Gasteiger partial charge >= 0.3 is 0 Å². The van der Waals surface area contributed by atoms with Gasteiger partial charge in [0.05, 0.1) is 18.3 Å². The Hall–Kier alpha value is -4.09. The van der Waals surface area contributed by atoms with Crippen LogP contribution in [0.5, 0.6) is 5.75 Å². The van der Waals surface area contributed by atoms with Crippen LogP contribution >= 0.6 is 0 Å². The van der Waals surface area contributed by atoms with Gasteiger partial charge in [-0.05, 0) is 6.92 Å². The van der Waals surface area contributed by atoms with Crippen LogP contribution in [-0.2, 0) is 19.5 Å². The van der Waals surface area contributed by atoms with Gasteiger partial charge in [-0.2, -0.15) is 0 Å². The van der Waals surface area contributed by atoms with E-state index < -0.39 is 64.2 Å². The highest BCUT2D eigenvalue weighted by atomic mass is 19.1. The van der Waals surface area contributed by atoms with Gasteiger partial charge in [0.2, 0.25) is 5.43 Å². The van der Waals surface area contributed by atoms with Crippen molar-refractivity contribution < 1.29 is 32.4 Å². The first-order valence-corrected chi connectivity index (χ1v) is 10.3. The van der Waals surface area contributed by atoms with Crippen molar-refractivity contribution in [1.82, 2.24) is 19.9 Å². The Bertz CT molecular complexity index is 1410. The highest BCUT2D eigenvalue weighted by Crippen LogP contribution is 2.34. The van der Waals surface area contributed by atoms with Crippen molar-refractivity contribution in [2.24, 2.45) is 0 Å². The number of benzene rings is 1. The molecule has 176 valence electrons. The second-order valence-corrected chi connectivity index (χ2v) is 8.22. The normalized spacial score (nSPS) is 16.6. The quantitative estimate of drug-likeness (QED) is 0.599. The summed E-state index contributed by atoms with van der Waals surface area (Å²) in [7, 11) is 0. The maximum absolute atomic E-state index is 13.9. The number of hydrogen-bond acceptors (Lipinski definition) is 6. The number of hydrogen-bond donors (Lipinski definition) is 2. The molecule has 0 unspecified atom stereocenters. The summed E-state index contributed by atoms with van der Waals surface area (Å²) in [6, 6.07) is 0.464. The second kappa shape index (κ2) is 7.75. The number of rotatable bonds is 3. The zero-order valence-electron chi connectivity index (χ0n) is 17.7. The molecule has 4 heterocycles. The summed E-state index contributed by atoms with van der Waals surface area (Å²) in [6.45, 7) is 1.51. The Morgan fingerprint density at radius 2 is 1.97 bits per heavy atom. The molecule has 2 aromatic heterocycles. The molecule has 0 saturated carbocycles. The predicted molar refractivity (Wildman–Crippen MR) is 109 cm³/mol. The van der Waals surface area contributed by atoms with Gasteiger partial charge in [-0.25, -0.2) is 13.2 Å². The molecule has 0 fully saturated rings. The number of aryl methyl sites for hydroxylation is 1. The summed E-state index contributed by atoms with van der Waals surface area (Å²) in [6.07, 6.45) is 1.43. The van der Waals surface area contributed by atoms with Crippen LogP contribution in [-0.4, -0.2) is 38.1 Å². The Morgan fingerprint density at radius 1 is 1.26 bits per heavy atom. The van der Waals surface area contributed by atoms with E-state index >= 15 is 0 Å². The van der Waals surface area contributed by atoms with Crippen molar-refractivity contribution in [1.29, 1.82) is 0 Å². The van der Waals surface area contributed by atoms with E-state index in [9.17, 15) is 32.7 Å². The number of fused-ring (bicyclic) bond motifs is 5. The third-order valence-electron chi connectivity index (χ3n) is 6.14. The SMILES string of the molecule is Cc1noc2c1CN1C[C@H](C2)n2cc(C(=O)NCc3c(F)cc(F)cc3F)c(=O)c(O)c2C1=O. The van der Waals surface area contributed by atoms with Crippen LogP contribution in [0.15, 0.2) is 27.6 Å². The lowest BCUT2D eigenvalue weighted by Gasteiger charge is -2.34. The van der Waals surface area contributed by atoms with E-state index in [1.54, 1.807) is 6.92 Å². The van der Waals surface area contributed by atoms with E-state index in [-0.39, 0.29) is 18.8 Å². The molecule has 1 atom stereocenters. The number of carbonyl (C=O) groups is 2. The van der Waals surface area contributed by atoms with Crippen molar-refractivity contribution >= 4 is 11.8 Å². The molecule has 9 nitrogen and oxygen atoms in total. The Balaban J connectivity index is 1.50. The van der Waals surface area contributed by atoms with Crippen molar-refractivity contribution in [3.8, 4) is 5.75 Å². The average Bonchev–Trinajstić information content (AvgIpc) is 3.01. The predicted octanol–water partition coefficient (Wildman–Crippen LogP) is 1.95. The number of carbonyl (C=O) groups excluding carboxylic acids is 2. The van der Waals surface area contributed by atoms with Crippen LogP contribution in [0.25, 0.3) is 0 Å². The first-order chi connectivity index (χ1) is 16.2. The summed E-state index contributed by atoms with van der Waals surface area (Å²) in [5, 5.41) is 16.7. The van der Waals surface area contributed by atoms with Gasteiger partial charge in [0.25, 0.3) is 11.8 Å². The molecule has 0 spiro atoms. The lowest BCUT2D eigenvalue weighted by Crippen LogP contribution is -2.44. The van der Waals surface area contributed by atoms with E-state index in [4.69, 9.17) is 4.52 Å². The Labute approximate surface area is 189 Å². The number of halogens is 3. The van der Waals surface area contributed by atoms with Crippen LogP contribution in [0.4, 0.5) is 13.2 Å². The Morgan fingerprint density at radius 3 is 2.68 bits per heavy atom. The standard InChI is InChI=1S/C22H17F3N4O5/c1-9-13-7-28-6-11(4-17(13)34-27-9)29-8-14(19(30)20(31)18(29)22(28)33)21(32)26-5-12-15(24)2-10(23)3-16(12)25/h2-3,8,11,31H,4-7H2,1H3,(H,26,32)/t11-/m0/s1. The summed E-state index contributed by atoms with van der Waals surface area (Å²) >= 11 is 0. The van der Waals surface area contributed by atoms with Gasteiger partial charge in [0, 0.05) is 49.0 Å². The third kappa shape index (κ3) is 3.33. The molecule has 2 aliphatic rings. The molecule has 1 aromatic carbocycles. The van der Waals surface area contributed by atoms with Gasteiger partial charge in [-0.1, -0.05) is 5.16 Å². The van der Waals surface area contributed by atoms with Gasteiger partial charge in [-0.15, -0.1) is 0 Å². The van der Waals surface area contributed by atoms with E-state index in [2.05, 4.69) is 10.5 Å². The molecule has 12 heteroatoms. The second-order valence-electron chi connectivity index (χ2n) is 8.22. The van der Waals surface area contributed by atoms with E-state index in [1.165, 1.54) is 9.47 Å². The number of aromatic hydroxyl groups is 1. The minimum atomic E-state index is -1.20. The van der Waals surface area contributed by atoms with Gasteiger partial charge < -0.3 is 24.4 Å². The molecule has 0 radical (unpaired) electrons. The minimum Gasteiger partial charge on any atom is -0.503 e. The topological polar surface area (TPSA) is 118 Å². The van der Waals surface area contributed by atoms with Gasteiger partial charge in [-0.3, -0.25) is 14.4 Å². The van der Waals surface area contributed by atoms with Crippen LogP contribution < -0.4 is 10.7 Å². The van der Waals surface area contributed by atoms with E-state index in [0.29, 0.717) is 30.0 Å². The third-order valence-corrected chi connectivity index (χ3v) is 6.14. The first kappa shape index (κ1) is 21.7. The fourth-order valence-corrected chi connectivity index (χ4v) is 4.36. The van der Waals surface area contributed by atoms with Crippen LogP contribution in [0.2, 0.25) is 0 Å². The number of nitrogens with zero attached hydrogens (tertiary/aromatic N) is 3. The van der Waals surface area contributed by atoms with E-state index in [0.717, 1.165) is 11.8 Å². The van der Waals surface area contributed by atoms with Crippen LogP contribution in [0.3, 0.4) is 0 Å². The van der Waals surface area contributed by atoms with Crippen LogP contribution in [0.1, 0.15) is 49.5 Å². The molecular weight excluding hydrogens is 457 g/mol. The maximum atomic E-state index is 13.9. The number of amides is 2. The fourth-order valence-electron chi connectivity index (χ4n) is 4.36. The fraction of sp³-hybridized carbons (Fsp3) is 0.273. The van der Waals surface area contributed by atoms with Crippen LogP contribution in [0, 0.1) is 24.4 Å². The number of nitrogens with one attached hydrogen (secondary N) is 1. The molecule has 3 aromatic rings. The molecule has 2 bridgehead atoms. The summed E-state index contributed by atoms with van der Waals surface area (Å²) in [5.74, 6) is -5.50. The molecule has 0 saturated heterocycles. The summed E-state index contributed by atoms with van der Waals surface area (Å²) < 4.78 is 47.6. The van der Waals surface area contributed by atoms with Crippen molar-refractivity contribution in [2.75, 3.05) is 6.54 Å². The highest BCUT2D eigenvalue weighted by molar-refractivity contribution is 5.99. The lowest BCUT2D eigenvalue weighted by molar-refractivity contribution is 0.0651. The summed E-state index contributed by atoms with van der Waals surface area (Å²) in [4.78, 5) is 39.9. The molecule has 2 N–H and O–H groups in total. The minimum absolute atomic E-state index is 0.199. The van der Waals surface area contributed by atoms with Gasteiger partial charge in [0.1, 0.15) is 28.8 Å². The maximum Gasteiger partial charge on any atom is 0.274 e. The average molecular weight is 474 g/mol. The van der Waals surface area contributed by atoms with Crippen molar-refractivity contribution in [3.63, 3.8) is 0 Å². The zero-order chi connectivity index (χ0) is 24.3. The van der Waals surface area contributed by atoms with Crippen molar-refractivity contribution in [3.05, 3.63) is 79.8 Å². The number of aromatic nitrogens is 2. The van der Waals surface area contributed by atoms with Gasteiger partial charge in [0.15, 0.2) is 11.4 Å². The monoisotopic (exact) mass is 474 g/mol. The molecule has 0 aliphatic carbocycles. The smallest absolute Gasteiger partial charge is 0.274 e. The van der Waals surface area contributed by atoms with Crippen molar-refractivity contribution in [2.45, 2.75) is 32.5 Å². The largest absolute Gasteiger partial charge is 0.503 e.